The quantitative estimate of drug-likeness (QED) is 0.832. The van der Waals surface area contributed by atoms with Crippen molar-refractivity contribution in [2.75, 3.05) is 18.0 Å². The third-order valence-electron chi connectivity index (χ3n) is 3.22. The molecule has 3 rings (SSSR count). The molecule has 1 aliphatic heterocycles. The van der Waals surface area contributed by atoms with E-state index < -0.39 is 0 Å². The maximum atomic E-state index is 5.92. The van der Waals surface area contributed by atoms with Crippen LogP contribution in [0.2, 0.25) is 0 Å². The molecule has 1 saturated heterocycles. The first-order valence-corrected chi connectivity index (χ1v) is 6.44. The highest BCUT2D eigenvalue weighted by atomic mass is 16.5. The normalized spacial score (nSPS) is 18.7. The van der Waals surface area contributed by atoms with E-state index in [1.165, 1.54) is 0 Å². The molecule has 0 aromatic carbocycles. The molecule has 19 heavy (non-hydrogen) atoms. The van der Waals surface area contributed by atoms with Crippen molar-refractivity contribution in [3.63, 3.8) is 0 Å². The van der Waals surface area contributed by atoms with E-state index in [2.05, 4.69) is 19.9 Å². The van der Waals surface area contributed by atoms with Gasteiger partial charge in [-0.15, -0.1) is 0 Å². The van der Waals surface area contributed by atoms with Crippen LogP contribution in [0.4, 0.5) is 5.95 Å². The lowest BCUT2D eigenvalue weighted by atomic mass is 10.3. The number of anilines is 1. The Labute approximate surface area is 112 Å². The summed E-state index contributed by atoms with van der Waals surface area (Å²) < 4.78 is 5.92. The Morgan fingerprint density at radius 2 is 1.95 bits per heavy atom. The highest BCUT2D eigenvalue weighted by Crippen LogP contribution is 2.18. The third-order valence-corrected chi connectivity index (χ3v) is 3.22. The molecule has 1 unspecified atom stereocenters. The fraction of sp³-hybridized carbons (Fsp3) is 0.357. The van der Waals surface area contributed by atoms with Crippen LogP contribution in [0, 0.1) is 0 Å². The zero-order valence-corrected chi connectivity index (χ0v) is 10.6. The van der Waals surface area contributed by atoms with Gasteiger partial charge in [-0.1, -0.05) is 0 Å². The van der Waals surface area contributed by atoms with E-state index in [4.69, 9.17) is 4.74 Å². The summed E-state index contributed by atoms with van der Waals surface area (Å²) in [6, 6.07) is 5.79. The SMILES string of the molecule is c1cnc(N2CCC(OCc3ccncc3)C2)nc1. The summed E-state index contributed by atoms with van der Waals surface area (Å²) in [6.07, 6.45) is 8.39. The smallest absolute Gasteiger partial charge is 0.225 e. The summed E-state index contributed by atoms with van der Waals surface area (Å²) in [5.41, 5.74) is 1.16. The number of nitrogens with zero attached hydrogens (tertiary/aromatic N) is 4. The van der Waals surface area contributed by atoms with Gasteiger partial charge in [0.1, 0.15) is 0 Å². The van der Waals surface area contributed by atoms with E-state index in [0.29, 0.717) is 6.61 Å². The van der Waals surface area contributed by atoms with Crippen LogP contribution in [0.25, 0.3) is 0 Å². The van der Waals surface area contributed by atoms with Gasteiger partial charge in [-0.2, -0.15) is 0 Å². The Bertz CT molecular complexity index is 505. The molecule has 0 bridgehead atoms. The molecule has 0 aliphatic carbocycles. The highest BCUT2D eigenvalue weighted by Gasteiger charge is 2.24. The first-order valence-electron chi connectivity index (χ1n) is 6.44. The van der Waals surface area contributed by atoms with Gasteiger partial charge in [-0.3, -0.25) is 4.98 Å². The van der Waals surface area contributed by atoms with Crippen LogP contribution in [0.5, 0.6) is 0 Å². The minimum Gasteiger partial charge on any atom is -0.372 e. The lowest BCUT2D eigenvalue weighted by molar-refractivity contribution is 0.0552. The predicted molar refractivity (Wildman–Crippen MR) is 71.7 cm³/mol. The summed E-state index contributed by atoms with van der Waals surface area (Å²) in [5, 5.41) is 0. The number of ether oxygens (including phenoxy) is 1. The lowest BCUT2D eigenvalue weighted by Crippen LogP contribution is -2.24. The topological polar surface area (TPSA) is 51.1 Å². The first kappa shape index (κ1) is 12.0. The van der Waals surface area contributed by atoms with Crippen LogP contribution in [0.1, 0.15) is 12.0 Å². The zero-order valence-electron chi connectivity index (χ0n) is 10.6. The summed E-state index contributed by atoms with van der Waals surface area (Å²) in [4.78, 5) is 14.7. The van der Waals surface area contributed by atoms with Crippen molar-refractivity contribution in [3.8, 4) is 0 Å². The van der Waals surface area contributed by atoms with Crippen molar-refractivity contribution >= 4 is 5.95 Å². The molecule has 0 saturated carbocycles. The van der Waals surface area contributed by atoms with E-state index >= 15 is 0 Å². The molecule has 1 fully saturated rings. The Morgan fingerprint density at radius 1 is 1.16 bits per heavy atom. The van der Waals surface area contributed by atoms with Crippen LogP contribution < -0.4 is 4.90 Å². The average Bonchev–Trinajstić information content (AvgIpc) is 2.96. The van der Waals surface area contributed by atoms with Gasteiger partial charge in [0, 0.05) is 37.9 Å². The van der Waals surface area contributed by atoms with Gasteiger partial charge in [-0.25, -0.2) is 9.97 Å². The summed E-state index contributed by atoms with van der Waals surface area (Å²) in [7, 11) is 0. The van der Waals surface area contributed by atoms with Crippen molar-refractivity contribution in [1.82, 2.24) is 15.0 Å². The average molecular weight is 256 g/mol. The molecule has 1 atom stereocenters. The van der Waals surface area contributed by atoms with Gasteiger partial charge >= 0.3 is 0 Å². The van der Waals surface area contributed by atoms with Crippen LogP contribution in [0.15, 0.2) is 43.0 Å². The van der Waals surface area contributed by atoms with Crippen molar-refractivity contribution in [3.05, 3.63) is 48.5 Å². The number of hydrogen-bond acceptors (Lipinski definition) is 5. The molecule has 5 heteroatoms. The van der Waals surface area contributed by atoms with Crippen LogP contribution >= 0.6 is 0 Å². The van der Waals surface area contributed by atoms with E-state index in [-0.39, 0.29) is 6.10 Å². The molecular weight excluding hydrogens is 240 g/mol. The number of pyridine rings is 1. The standard InChI is InChI=1S/C14H16N4O/c1-5-16-14(17-6-1)18-9-4-13(10-18)19-11-12-2-7-15-8-3-12/h1-3,5-8,13H,4,9-11H2. The van der Waals surface area contributed by atoms with Crippen molar-refractivity contribution in [1.29, 1.82) is 0 Å². The molecule has 0 amide bonds. The maximum absolute atomic E-state index is 5.92. The van der Waals surface area contributed by atoms with E-state index in [0.717, 1.165) is 31.0 Å². The lowest BCUT2D eigenvalue weighted by Gasteiger charge is -2.16. The number of aromatic nitrogens is 3. The van der Waals surface area contributed by atoms with Crippen LogP contribution in [0.3, 0.4) is 0 Å². The second-order valence-electron chi connectivity index (χ2n) is 4.57. The molecule has 0 radical (unpaired) electrons. The number of hydrogen-bond donors (Lipinski definition) is 0. The summed E-state index contributed by atoms with van der Waals surface area (Å²) >= 11 is 0. The zero-order chi connectivity index (χ0) is 12.9. The van der Waals surface area contributed by atoms with Gasteiger partial charge in [0.05, 0.1) is 12.7 Å². The van der Waals surface area contributed by atoms with Gasteiger partial charge in [-0.05, 0) is 30.2 Å². The van der Waals surface area contributed by atoms with Crippen LogP contribution in [-0.4, -0.2) is 34.1 Å². The molecular formula is C14H16N4O. The summed E-state index contributed by atoms with van der Waals surface area (Å²) in [6.45, 7) is 2.44. The second kappa shape index (κ2) is 5.75. The molecule has 0 N–H and O–H groups in total. The maximum Gasteiger partial charge on any atom is 0.225 e. The molecule has 2 aromatic rings. The number of rotatable bonds is 4. The van der Waals surface area contributed by atoms with Gasteiger partial charge in [0.25, 0.3) is 0 Å². The highest BCUT2D eigenvalue weighted by molar-refractivity contribution is 5.30. The van der Waals surface area contributed by atoms with Gasteiger partial charge < -0.3 is 9.64 Å². The Hall–Kier alpha value is -2.01. The van der Waals surface area contributed by atoms with Crippen molar-refractivity contribution in [2.45, 2.75) is 19.1 Å². The van der Waals surface area contributed by atoms with Crippen molar-refractivity contribution in [2.24, 2.45) is 0 Å². The monoisotopic (exact) mass is 256 g/mol. The summed E-state index contributed by atoms with van der Waals surface area (Å²) in [5.74, 6) is 0.789. The second-order valence-corrected chi connectivity index (χ2v) is 4.57. The fourth-order valence-corrected chi connectivity index (χ4v) is 2.19. The Kier molecular flexibility index (Phi) is 3.65. The molecule has 2 aromatic heterocycles. The van der Waals surface area contributed by atoms with Gasteiger partial charge in [0.15, 0.2) is 0 Å². The third kappa shape index (κ3) is 3.06. The molecule has 1 aliphatic rings. The minimum atomic E-state index is 0.247. The van der Waals surface area contributed by atoms with E-state index in [1.807, 2.05) is 18.2 Å². The predicted octanol–water partition coefficient (Wildman–Crippen LogP) is 1.67. The Balaban J connectivity index is 1.52. The van der Waals surface area contributed by atoms with E-state index in [9.17, 15) is 0 Å². The van der Waals surface area contributed by atoms with Crippen LogP contribution in [-0.2, 0) is 11.3 Å². The molecule has 98 valence electrons. The molecule has 0 spiro atoms. The van der Waals surface area contributed by atoms with E-state index in [1.54, 1.807) is 24.8 Å². The molecule has 3 heterocycles. The Morgan fingerprint density at radius 3 is 2.74 bits per heavy atom. The van der Waals surface area contributed by atoms with Crippen molar-refractivity contribution < 1.29 is 4.74 Å². The first-order chi connectivity index (χ1) is 9.42. The minimum absolute atomic E-state index is 0.247. The fourth-order valence-electron chi connectivity index (χ4n) is 2.19. The largest absolute Gasteiger partial charge is 0.372 e. The van der Waals surface area contributed by atoms with Gasteiger partial charge in [0.2, 0.25) is 5.95 Å². The molecule has 5 nitrogen and oxygen atoms in total.